The van der Waals surface area contributed by atoms with E-state index in [0.29, 0.717) is 35.1 Å². The molecule has 2 aromatic carbocycles. The number of hydrogen-bond donors (Lipinski definition) is 1. The Morgan fingerprint density at radius 3 is 2.73 bits per heavy atom. The molecule has 3 rings (SSSR count). The summed E-state index contributed by atoms with van der Waals surface area (Å²) in [5, 5.41) is 2.67. The molecule has 1 heterocycles. The van der Waals surface area contributed by atoms with Crippen molar-refractivity contribution < 1.29 is 33.3 Å². The van der Waals surface area contributed by atoms with Gasteiger partial charge in [0.1, 0.15) is 0 Å². The van der Waals surface area contributed by atoms with Gasteiger partial charge in [-0.25, -0.2) is 4.79 Å². The summed E-state index contributed by atoms with van der Waals surface area (Å²) in [5.41, 5.74) is 1.51. The Balaban J connectivity index is 1.50. The molecule has 0 saturated heterocycles. The maximum absolute atomic E-state index is 12.3. The fraction of sp³-hybridized carbons (Fsp3) is 0.273. The van der Waals surface area contributed by atoms with Crippen LogP contribution in [0.3, 0.4) is 0 Å². The zero-order valence-corrected chi connectivity index (χ0v) is 16.8. The standard InChI is InChI=1S/C22H23NO7/c1-4-5-15-6-8-17(19(10-15)26-3)27-12-21(24)30-14(2)22(25)23-16-7-9-18-20(11-16)29-13-28-18/h4,6-11,14H,1,5,12-13H2,2-3H3,(H,23,25)/t14-/m1/s1. The molecule has 0 fully saturated rings. The van der Waals surface area contributed by atoms with Crippen LogP contribution < -0.4 is 24.3 Å². The van der Waals surface area contributed by atoms with Crippen molar-refractivity contribution in [2.24, 2.45) is 0 Å². The zero-order chi connectivity index (χ0) is 21.5. The molecule has 2 aromatic rings. The van der Waals surface area contributed by atoms with E-state index >= 15 is 0 Å². The molecular formula is C22H23NO7. The second-order valence-electron chi connectivity index (χ2n) is 6.46. The minimum atomic E-state index is -1.01. The predicted molar refractivity (Wildman–Crippen MR) is 109 cm³/mol. The van der Waals surface area contributed by atoms with Crippen molar-refractivity contribution in [1.29, 1.82) is 0 Å². The first kappa shape index (κ1) is 21.0. The van der Waals surface area contributed by atoms with Gasteiger partial charge in [-0.1, -0.05) is 12.1 Å². The van der Waals surface area contributed by atoms with Crippen LogP contribution in [0.25, 0.3) is 0 Å². The smallest absolute Gasteiger partial charge is 0.344 e. The lowest BCUT2D eigenvalue weighted by Gasteiger charge is -2.15. The normalized spacial score (nSPS) is 12.6. The van der Waals surface area contributed by atoms with Gasteiger partial charge in [0.2, 0.25) is 6.79 Å². The number of ether oxygens (including phenoxy) is 5. The SMILES string of the molecule is C=CCc1ccc(OCC(=O)O[C@H](C)C(=O)Nc2ccc3c(c2)OCO3)c(OC)c1. The number of carbonyl (C=O) groups is 2. The van der Waals surface area contributed by atoms with E-state index in [-0.39, 0.29) is 13.4 Å². The number of nitrogens with one attached hydrogen (secondary N) is 1. The Kier molecular flexibility index (Phi) is 6.79. The molecule has 1 amide bonds. The van der Waals surface area contributed by atoms with E-state index in [1.54, 1.807) is 30.3 Å². The van der Waals surface area contributed by atoms with Crippen LogP contribution in [0.4, 0.5) is 5.69 Å². The first-order valence-corrected chi connectivity index (χ1v) is 9.30. The Bertz CT molecular complexity index is 941. The molecule has 0 aliphatic carbocycles. The lowest BCUT2D eigenvalue weighted by atomic mass is 10.1. The van der Waals surface area contributed by atoms with Crippen molar-refractivity contribution in [3.8, 4) is 23.0 Å². The van der Waals surface area contributed by atoms with Gasteiger partial charge in [0, 0.05) is 11.8 Å². The molecule has 8 heteroatoms. The van der Waals surface area contributed by atoms with Crippen LogP contribution in [0.5, 0.6) is 23.0 Å². The lowest BCUT2D eigenvalue weighted by molar-refractivity contribution is -0.155. The van der Waals surface area contributed by atoms with Gasteiger partial charge in [-0.3, -0.25) is 4.79 Å². The van der Waals surface area contributed by atoms with Crippen LogP contribution in [0, 0.1) is 0 Å². The molecule has 8 nitrogen and oxygen atoms in total. The van der Waals surface area contributed by atoms with Gasteiger partial charge < -0.3 is 29.0 Å². The van der Waals surface area contributed by atoms with Crippen molar-refractivity contribution in [2.75, 3.05) is 25.8 Å². The number of methoxy groups -OCH3 is 1. The third-order valence-corrected chi connectivity index (χ3v) is 4.27. The molecule has 0 saturated carbocycles. The van der Waals surface area contributed by atoms with Crippen molar-refractivity contribution in [3.05, 3.63) is 54.6 Å². The van der Waals surface area contributed by atoms with Gasteiger partial charge in [0.25, 0.3) is 5.91 Å². The van der Waals surface area contributed by atoms with Crippen molar-refractivity contribution in [1.82, 2.24) is 0 Å². The van der Waals surface area contributed by atoms with Crippen LogP contribution >= 0.6 is 0 Å². The van der Waals surface area contributed by atoms with Gasteiger partial charge in [-0.05, 0) is 43.2 Å². The first-order chi connectivity index (χ1) is 14.5. The molecule has 1 N–H and O–H groups in total. The monoisotopic (exact) mass is 413 g/mol. The number of benzene rings is 2. The molecule has 30 heavy (non-hydrogen) atoms. The molecule has 0 unspecified atom stereocenters. The van der Waals surface area contributed by atoms with E-state index in [1.807, 2.05) is 12.1 Å². The number of fused-ring (bicyclic) bond motifs is 1. The number of amides is 1. The summed E-state index contributed by atoms with van der Waals surface area (Å²) < 4.78 is 26.4. The molecular weight excluding hydrogens is 390 g/mol. The molecule has 0 aromatic heterocycles. The number of anilines is 1. The minimum Gasteiger partial charge on any atom is -0.493 e. The Hall–Kier alpha value is -3.68. The lowest BCUT2D eigenvalue weighted by Crippen LogP contribution is -2.31. The quantitative estimate of drug-likeness (QED) is 0.499. The Morgan fingerprint density at radius 1 is 1.17 bits per heavy atom. The van der Waals surface area contributed by atoms with Crippen LogP contribution in [0.15, 0.2) is 49.1 Å². The van der Waals surface area contributed by atoms with Crippen LogP contribution in [-0.2, 0) is 20.7 Å². The summed E-state index contributed by atoms with van der Waals surface area (Å²) in [6.07, 6.45) is 1.46. The summed E-state index contributed by atoms with van der Waals surface area (Å²) >= 11 is 0. The van der Waals surface area contributed by atoms with Gasteiger partial charge in [-0.2, -0.15) is 0 Å². The third-order valence-electron chi connectivity index (χ3n) is 4.27. The number of hydrogen-bond acceptors (Lipinski definition) is 7. The average molecular weight is 413 g/mol. The fourth-order valence-electron chi connectivity index (χ4n) is 2.76. The summed E-state index contributed by atoms with van der Waals surface area (Å²) in [7, 11) is 1.51. The van der Waals surface area contributed by atoms with E-state index in [1.165, 1.54) is 14.0 Å². The number of rotatable bonds is 9. The molecule has 1 aliphatic heterocycles. The topological polar surface area (TPSA) is 92.3 Å². The van der Waals surface area contributed by atoms with Gasteiger partial charge in [0.15, 0.2) is 35.7 Å². The van der Waals surface area contributed by atoms with Gasteiger partial charge in [0.05, 0.1) is 7.11 Å². The highest BCUT2D eigenvalue weighted by Gasteiger charge is 2.20. The highest BCUT2D eigenvalue weighted by molar-refractivity contribution is 5.95. The molecule has 0 bridgehead atoms. The van der Waals surface area contributed by atoms with E-state index in [0.717, 1.165) is 5.56 Å². The molecule has 0 radical (unpaired) electrons. The number of allylic oxidation sites excluding steroid dienone is 1. The van der Waals surface area contributed by atoms with E-state index in [9.17, 15) is 9.59 Å². The first-order valence-electron chi connectivity index (χ1n) is 9.30. The van der Waals surface area contributed by atoms with Gasteiger partial charge >= 0.3 is 5.97 Å². The maximum Gasteiger partial charge on any atom is 0.344 e. The Morgan fingerprint density at radius 2 is 1.97 bits per heavy atom. The van der Waals surface area contributed by atoms with E-state index < -0.39 is 18.0 Å². The second-order valence-corrected chi connectivity index (χ2v) is 6.46. The van der Waals surface area contributed by atoms with E-state index in [4.69, 9.17) is 23.7 Å². The van der Waals surface area contributed by atoms with Crippen LogP contribution in [0.1, 0.15) is 12.5 Å². The highest BCUT2D eigenvalue weighted by atomic mass is 16.7. The maximum atomic E-state index is 12.3. The summed E-state index contributed by atoms with van der Waals surface area (Å²) in [6, 6.07) is 10.4. The van der Waals surface area contributed by atoms with Crippen LogP contribution in [-0.4, -0.2) is 38.5 Å². The minimum absolute atomic E-state index is 0.141. The number of esters is 1. The molecule has 158 valence electrons. The number of carbonyl (C=O) groups excluding carboxylic acids is 2. The second kappa shape index (κ2) is 9.69. The average Bonchev–Trinajstić information content (AvgIpc) is 3.20. The third kappa shape index (κ3) is 5.22. The predicted octanol–water partition coefficient (Wildman–Crippen LogP) is 3.10. The van der Waals surface area contributed by atoms with Crippen molar-refractivity contribution in [3.63, 3.8) is 0 Å². The van der Waals surface area contributed by atoms with Crippen molar-refractivity contribution in [2.45, 2.75) is 19.4 Å². The fourth-order valence-corrected chi connectivity index (χ4v) is 2.76. The Labute approximate surface area is 174 Å². The van der Waals surface area contributed by atoms with Crippen LogP contribution in [0.2, 0.25) is 0 Å². The molecule has 0 spiro atoms. The van der Waals surface area contributed by atoms with Crippen molar-refractivity contribution >= 4 is 17.6 Å². The van der Waals surface area contributed by atoms with E-state index in [2.05, 4.69) is 11.9 Å². The highest BCUT2D eigenvalue weighted by Crippen LogP contribution is 2.34. The molecule has 1 aliphatic rings. The summed E-state index contributed by atoms with van der Waals surface area (Å²) in [5.74, 6) is 0.890. The van der Waals surface area contributed by atoms with Gasteiger partial charge in [-0.15, -0.1) is 6.58 Å². The zero-order valence-electron chi connectivity index (χ0n) is 16.8. The largest absolute Gasteiger partial charge is 0.493 e. The summed E-state index contributed by atoms with van der Waals surface area (Å²) in [4.78, 5) is 24.4. The summed E-state index contributed by atoms with van der Waals surface area (Å²) in [6.45, 7) is 4.96. The molecule has 1 atom stereocenters.